The normalized spacial score (nSPS) is 14.8. The van der Waals surface area contributed by atoms with Gasteiger partial charge in [-0.25, -0.2) is 4.79 Å². The van der Waals surface area contributed by atoms with Crippen LogP contribution in [0.25, 0.3) is 16.7 Å². The molecule has 2 aromatic carbocycles. The lowest BCUT2D eigenvalue weighted by molar-refractivity contribution is 0.0270. The van der Waals surface area contributed by atoms with Gasteiger partial charge >= 0.3 is 6.09 Å². The summed E-state index contributed by atoms with van der Waals surface area (Å²) in [6, 6.07) is 19.0. The number of amides is 1. The van der Waals surface area contributed by atoms with Crippen molar-refractivity contribution in [3.63, 3.8) is 0 Å². The molecule has 0 saturated heterocycles. The highest BCUT2D eigenvalue weighted by Crippen LogP contribution is 2.26. The predicted octanol–water partition coefficient (Wildman–Crippen LogP) is 5.38. The lowest BCUT2D eigenvalue weighted by Crippen LogP contribution is -2.39. The van der Waals surface area contributed by atoms with Crippen molar-refractivity contribution >= 4 is 11.7 Å². The Morgan fingerprint density at radius 2 is 1.52 bits per heavy atom. The van der Waals surface area contributed by atoms with E-state index < -0.39 is 5.60 Å². The van der Waals surface area contributed by atoms with Gasteiger partial charge in [0.05, 0.1) is 0 Å². The lowest BCUT2D eigenvalue weighted by Gasteiger charge is -2.29. The van der Waals surface area contributed by atoms with Gasteiger partial charge in [-0.1, -0.05) is 60.7 Å². The van der Waals surface area contributed by atoms with Crippen LogP contribution >= 0.6 is 0 Å². The Bertz CT molecular complexity index is 755. The summed E-state index contributed by atoms with van der Waals surface area (Å²) in [5.41, 5.74) is 4.51. The molecule has 3 rings (SSSR count). The van der Waals surface area contributed by atoms with E-state index in [4.69, 9.17) is 4.74 Å². The molecule has 0 fully saturated rings. The highest BCUT2D eigenvalue weighted by Gasteiger charge is 2.23. The Balaban J connectivity index is 1.67. The first-order valence-electron chi connectivity index (χ1n) is 8.75. The molecule has 130 valence electrons. The number of carbonyl (C=O) groups is 1. The molecule has 3 nitrogen and oxygen atoms in total. The van der Waals surface area contributed by atoms with Gasteiger partial charge in [0.2, 0.25) is 0 Å². The molecule has 1 aliphatic heterocycles. The number of nitrogens with zero attached hydrogens (tertiary/aromatic N) is 1. The summed E-state index contributed by atoms with van der Waals surface area (Å²) in [6.45, 7) is 6.98. The van der Waals surface area contributed by atoms with Crippen LogP contribution in [-0.2, 0) is 4.74 Å². The van der Waals surface area contributed by atoms with Crippen LogP contribution in [-0.4, -0.2) is 29.7 Å². The average molecular weight is 335 g/mol. The fourth-order valence-corrected chi connectivity index (χ4v) is 2.93. The van der Waals surface area contributed by atoms with Gasteiger partial charge in [0.15, 0.2) is 0 Å². The van der Waals surface area contributed by atoms with Gasteiger partial charge in [0.1, 0.15) is 5.60 Å². The molecule has 0 unspecified atom stereocenters. The number of hydrogen-bond acceptors (Lipinski definition) is 2. The molecule has 0 spiro atoms. The molecule has 0 bridgehead atoms. The van der Waals surface area contributed by atoms with Crippen LogP contribution in [0.1, 0.15) is 32.8 Å². The molecule has 1 amide bonds. The Kier molecular flexibility index (Phi) is 4.93. The van der Waals surface area contributed by atoms with Crippen molar-refractivity contribution in [2.75, 3.05) is 13.1 Å². The van der Waals surface area contributed by atoms with E-state index in [1.807, 2.05) is 26.8 Å². The van der Waals surface area contributed by atoms with Crippen molar-refractivity contribution in [3.05, 3.63) is 66.2 Å². The third-order valence-electron chi connectivity index (χ3n) is 4.22. The van der Waals surface area contributed by atoms with Gasteiger partial charge in [0, 0.05) is 13.1 Å². The van der Waals surface area contributed by atoms with Crippen molar-refractivity contribution in [1.82, 2.24) is 4.90 Å². The highest BCUT2D eigenvalue weighted by atomic mass is 16.6. The van der Waals surface area contributed by atoms with E-state index in [9.17, 15) is 4.79 Å². The van der Waals surface area contributed by atoms with Crippen molar-refractivity contribution in [2.45, 2.75) is 32.8 Å². The van der Waals surface area contributed by atoms with E-state index in [1.54, 1.807) is 4.90 Å². The predicted molar refractivity (Wildman–Crippen MR) is 102 cm³/mol. The van der Waals surface area contributed by atoms with Crippen LogP contribution in [0.15, 0.2) is 60.7 Å². The monoisotopic (exact) mass is 335 g/mol. The van der Waals surface area contributed by atoms with Crippen LogP contribution in [0.3, 0.4) is 0 Å². The maximum absolute atomic E-state index is 12.1. The third kappa shape index (κ3) is 4.50. The first-order valence-corrected chi connectivity index (χ1v) is 8.75. The molecule has 1 heterocycles. The van der Waals surface area contributed by atoms with E-state index in [1.165, 1.54) is 22.3 Å². The lowest BCUT2D eigenvalue weighted by atomic mass is 9.97. The molecular formula is C22H25NO2. The van der Waals surface area contributed by atoms with Crippen molar-refractivity contribution < 1.29 is 9.53 Å². The number of benzene rings is 2. The molecule has 0 saturated carbocycles. The van der Waals surface area contributed by atoms with Crippen LogP contribution in [0.5, 0.6) is 0 Å². The zero-order chi connectivity index (χ0) is 17.9. The summed E-state index contributed by atoms with van der Waals surface area (Å²) >= 11 is 0. The van der Waals surface area contributed by atoms with Crippen LogP contribution in [0.2, 0.25) is 0 Å². The topological polar surface area (TPSA) is 29.5 Å². The first-order chi connectivity index (χ1) is 11.9. The highest BCUT2D eigenvalue weighted by molar-refractivity contribution is 5.74. The Labute approximate surface area is 149 Å². The first kappa shape index (κ1) is 17.3. The van der Waals surface area contributed by atoms with Gasteiger partial charge in [0.25, 0.3) is 0 Å². The molecule has 0 N–H and O–H groups in total. The van der Waals surface area contributed by atoms with E-state index >= 15 is 0 Å². The van der Waals surface area contributed by atoms with E-state index in [-0.39, 0.29) is 6.09 Å². The van der Waals surface area contributed by atoms with Gasteiger partial charge in [-0.3, -0.25) is 0 Å². The number of rotatable bonds is 2. The van der Waals surface area contributed by atoms with Gasteiger partial charge in [-0.15, -0.1) is 0 Å². The SMILES string of the molecule is CC(C)(C)OC(=O)N1CC=C(c2ccc(-c3ccccc3)cc2)CC1. The zero-order valence-electron chi connectivity index (χ0n) is 15.2. The Morgan fingerprint density at radius 1 is 0.920 bits per heavy atom. The number of ether oxygens (including phenoxy) is 1. The van der Waals surface area contributed by atoms with Crippen LogP contribution in [0, 0.1) is 0 Å². The summed E-state index contributed by atoms with van der Waals surface area (Å²) in [5.74, 6) is 0. The van der Waals surface area contributed by atoms with Crippen molar-refractivity contribution in [3.8, 4) is 11.1 Å². The molecule has 0 aliphatic carbocycles. The Hall–Kier alpha value is -2.55. The molecule has 0 radical (unpaired) electrons. The third-order valence-corrected chi connectivity index (χ3v) is 4.22. The van der Waals surface area contributed by atoms with Crippen molar-refractivity contribution in [2.24, 2.45) is 0 Å². The average Bonchev–Trinajstić information content (AvgIpc) is 2.61. The van der Waals surface area contributed by atoms with Crippen molar-refractivity contribution in [1.29, 1.82) is 0 Å². The summed E-state index contributed by atoms with van der Waals surface area (Å²) in [7, 11) is 0. The molecule has 25 heavy (non-hydrogen) atoms. The fraction of sp³-hybridized carbons (Fsp3) is 0.318. The second-order valence-electron chi connectivity index (χ2n) is 7.35. The quantitative estimate of drug-likeness (QED) is 0.737. The zero-order valence-corrected chi connectivity index (χ0v) is 15.2. The summed E-state index contributed by atoms with van der Waals surface area (Å²) in [5, 5.41) is 0. The summed E-state index contributed by atoms with van der Waals surface area (Å²) in [4.78, 5) is 13.9. The fourth-order valence-electron chi connectivity index (χ4n) is 2.93. The molecule has 0 atom stereocenters. The molecule has 3 heteroatoms. The smallest absolute Gasteiger partial charge is 0.410 e. The number of hydrogen-bond donors (Lipinski definition) is 0. The molecule has 0 aromatic heterocycles. The van der Waals surface area contributed by atoms with Gasteiger partial charge in [-0.2, -0.15) is 0 Å². The minimum atomic E-state index is -0.450. The molecule has 1 aliphatic rings. The number of carbonyl (C=O) groups excluding carboxylic acids is 1. The Morgan fingerprint density at radius 3 is 2.08 bits per heavy atom. The van der Waals surface area contributed by atoms with Crippen LogP contribution in [0.4, 0.5) is 4.79 Å². The van der Waals surface area contributed by atoms with E-state index in [0.29, 0.717) is 13.1 Å². The molecular weight excluding hydrogens is 310 g/mol. The van der Waals surface area contributed by atoms with E-state index in [0.717, 1.165) is 6.42 Å². The largest absolute Gasteiger partial charge is 0.444 e. The maximum atomic E-state index is 12.1. The second-order valence-corrected chi connectivity index (χ2v) is 7.35. The minimum Gasteiger partial charge on any atom is -0.444 e. The van der Waals surface area contributed by atoms with Gasteiger partial charge < -0.3 is 9.64 Å². The minimum absolute atomic E-state index is 0.234. The van der Waals surface area contributed by atoms with Crippen LogP contribution < -0.4 is 0 Å². The van der Waals surface area contributed by atoms with E-state index in [2.05, 4.69) is 54.6 Å². The van der Waals surface area contributed by atoms with Gasteiger partial charge in [-0.05, 0) is 49.5 Å². The summed E-state index contributed by atoms with van der Waals surface area (Å²) in [6.07, 6.45) is 2.75. The maximum Gasteiger partial charge on any atom is 0.410 e. The molecule has 2 aromatic rings. The summed E-state index contributed by atoms with van der Waals surface area (Å²) < 4.78 is 5.44. The standard InChI is InChI=1S/C22H25NO2/c1-22(2,3)25-21(24)23-15-13-20(14-16-23)19-11-9-18(10-12-19)17-7-5-4-6-8-17/h4-13H,14-16H2,1-3H3. The second kappa shape index (κ2) is 7.14.